The van der Waals surface area contributed by atoms with Crippen molar-refractivity contribution >= 4 is 11.6 Å². The van der Waals surface area contributed by atoms with Crippen LogP contribution in [0.4, 0.5) is 5.69 Å². The first kappa shape index (κ1) is 14.9. The average molecular weight is 276 g/mol. The standard InChI is InChI=1S/C16H24N2O2/c1-3-17-14-9-7-13(8-10-14)16(19)18(2)12-15-6-4-5-11-20-15/h7-10,15,17H,3-6,11-12H2,1-2H3. The molecule has 1 aliphatic rings. The zero-order valence-corrected chi connectivity index (χ0v) is 12.4. The van der Waals surface area contributed by atoms with Crippen molar-refractivity contribution in [3.8, 4) is 0 Å². The van der Waals surface area contributed by atoms with Gasteiger partial charge in [-0.25, -0.2) is 0 Å². The van der Waals surface area contributed by atoms with Crippen molar-refractivity contribution in [2.75, 3.05) is 32.1 Å². The van der Waals surface area contributed by atoms with Gasteiger partial charge in [-0.15, -0.1) is 0 Å². The van der Waals surface area contributed by atoms with E-state index in [1.807, 2.05) is 31.3 Å². The van der Waals surface area contributed by atoms with Gasteiger partial charge in [-0.2, -0.15) is 0 Å². The van der Waals surface area contributed by atoms with E-state index < -0.39 is 0 Å². The zero-order valence-electron chi connectivity index (χ0n) is 12.4. The van der Waals surface area contributed by atoms with Gasteiger partial charge >= 0.3 is 0 Å². The Morgan fingerprint density at radius 1 is 1.35 bits per heavy atom. The second kappa shape index (κ2) is 7.29. The summed E-state index contributed by atoms with van der Waals surface area (Å²) in [4.78, 5) is 14.1. The molecule has 0 spiro atoms. The topological polar surface area (TPSA) is 41.6 Å². The molecular formula is C16H24N2O2. The summed E-state index contributed by atoms with van der Waals surface area (Å²) in [5.74, 6) is 0.0576. The van der Waals surface area contributed by atoms with Crippen molar-refractivity contribution in [1.82, 2.24) is 4.90 Å². The number of likely N-dealkylation sites (N-methyl/N-ethyl adjacent to an activating group) is 1. The summed E-state index contributed by atoms with van der Waals surface area (Å²) in [7, 11) is 1.85. The Bertz CT molecular complexity index is 425. The number of hydrogen-bond acceptors (Lipinski definition) is 3. The minimum absolute atomic E-state index is 0.0576. The normalized spacial score (nSPS) is 18.6. The Hall–Kier alpha value is -1.55. The van der Waals surface area contributed by atoms with Crippen LogP contribution in [-0.2, 0) is 4.74 Å². The van der Waals surface area contributed by atoms with Crippen molar-refractivity contribution in [2.24, 2.45) is 0 Å². The van der Waals surface area contributed by atoms with Crippen molar-refractivity contribution < 1.29 is 9.53 Å². The zero-order chi connectivity index (χ0) is 14.4. The van der Waals surface area contributed by atoms with Gasteiger partial charge in [0.05, 0.1) is 6.10 Å². The summed E-state index contributed by atoms with van der Waals surface area (Å²) in [5.41, 5.74) is 1.77. The Morgan fingerprint density at radius 2 is 2.10 bits per heavy atom. The maximum Gasteiger partial charge on any atom is 0.253 e. The molecule has 1 fully saturated rings. The molecule has 2 rings (SSSR count). The lowest BCUT2D eigenvalue weighted by Crippen LogP contribution is -2.37. The van der Waals surface area contributed by atoms with Crippen LogP contribution in [0.1, 0.15) is 36.5 Å². The molecule has 0 aromatic heterocycles. The van der Waals surface area contributed by atoms with Gasteiger partial charge in [0.1, 0.15) is 0 Å². The largest absolute Gasteiger partial charge is 0.385 e. The molecule has 0 radical (unpaired) electrons. The van der Waals surface area contributed by atoms with Crippen LogP contribution in [0.2, 0.25) is 0 Å². The maximum absolute atomic E-state index is 12.3. The number of anilines is 1. The van der Waals surface area contributed by atoms with Gasteiger partial charge in [0.2, 0.25) is 0 Å². The molecule has 110 valence electrons. The summed E-state index contributed by atoms with van der Waals surface area (Å²) >= 11 is 0. The Balaban J connectivity index is 1.91. The lowest BCUT2D eigenvalue weighted by atomic mass is 10.1. The van der Waals surface area contributed by atoms with Crippen LogP contribution in [0.3, 0.4) is 0 Å². The minimum atomic E-state index is 0.0576. The van der Waals surface area contributed by atoms with Gasteiger partial charge in [-0.1, -0.05) is 0 Å². The van der Waals surface area contributed by atoms with Crippen molar-refractivity contribution in [3.63, 3.8) is 0 Å². The molecule has 0 bridgehead atoms. The van der Waals surface area contributed by atoms with E-state index in [0.717, 1.165) is 37.2 Å². The van der Waals surface area contributed by atoms with Gasteiger partial charge < -0.3 is 15.0 Å². The van der Waals surface area contributed by atoms with Gasteiger partial charge in [0.25, 0.3) is 5.91 Å². The van der Waals surface area contributed by atoms with Gasteiger partial charge in [-0.05, 0) is 50.5 Å². The molecule has 20 heavy (non-hydrogen) atoms. The second-order valence-electron chi connectivity index (χ2n) is 5.28. The molecule has 1 saturated heterocycles. The fraction of sp³-hybridized carbons (Fsp3) is 0.562. The van der Waals surface area contributed by atoms with Crippen LogP contribution in [-0.4, -0.2) is 43.7 Å². The number of nitrogens with zero attached hydrogens (tertiary/aromatic N) is 1. The maximum atomic E-state index is 12.3. The first-order valence-electron chi connectivity index (χ1n) is 7.41. The molecule has 1 aliphatic heterocycles. The van der Waals surface area contributed by atoms with Crippen LogP contribution in [0, 0.1) is 0 Å². The van der Waals surface area contributed by atoms with Crippen LogP contribution in [0.5, 0.6) is 0 Å². The molecule has 1 heterocycles. The number of carbonyl (C=O) groups is 1. The van der Waals surface area contributed by atoms with E-state index >= 15 is 0 Å². The highest BCUT2D eigenvalue weighted by atomic mass is 16.5. The smallest absolute Gasteiger partial charge is 0.253 e. The highest BCUT2D eigenvalue weighted by Gasteiger charge is 2.19. The lowest BCUT2D eigenvalue weighted by molar-refractivity contribution is -0.000186. The van der Waals surface area contributed by atoms with E-state index in [1.54, 1.807) is 4.90 Å². The highest BCUT2D eigenvalue weighted by Crippen LogP contribution is 2.15. The summed E-state index contributed by atoms with van der Waals surface area (Å²) in [6, 6.07) is 7.64. The fourth-order valence-corrected chi connectivity index (χ4v) is 2.49. The molecule has 1 N–H and O–H groups in total. The van der Waals surface area contributed by atoms with Crippen LogP contribution in [0.15, 0.2) is 24.3 Å². The summed E-state index contributed by atoms with van der Waals surface area (Å²) in [6.07, 6.45) is 3.58. The minimum Gasteiger partial charge on any atom is -0.385 e. The first-order chi connectivity index (χ1) is 9.70. The molecule has 1 atom stereocenters. The molecule has 0 aliphatic carbocycles. The average Bonchev–Trinajstić information content (AvgIpc) is 2.48. The van der Waals surface area contributed by atoms with E-state index in [-0.39, 0.29) is 12.0 Å². The molecular weight excluding hydrogens is 252 g/mol. The molecule has 0 saturated carbocycles. The van der Waals surface area contributed by atoms with E-state index in [2.05, 4.69) is 12.2 Å². The Labute approximate surface area is 121 Å². The second-order valence-corrected chi connectivity index (χ2v) is 5.28. The van der Waals surface area contributed by atoms with Crippen molar-refractivity contribution in [3.05, 3.63) is 29.8 Å². The third-order valence-corrected chi connectivity index (χ3v) is 3.61. The summed E-state index contributed by atoms with van der Waals surface area (Å²) in [5, 5.41) is 3.22. The fourth-order valence-electron chi connectivity index (χ4n) is 2.49. The van der Waals surface area contributed by atoms with Crippen LogP contribution < -0.4 is 5.32 Å². The number of amides is 1. The summed E-state index contributed by atoms with van der Waals surface area (Å²) in [6.45, 7) is 4.43. The monoisotopic (exact) mass is 276 g/mol. The lowest BCUT2D eigenvalue weighted by Gasteiger charge is -2.27. The van der Waals surface area contributed by atoms with Crippen LogP contribution in [0.25, 0.3) is 0 Å². The molecule has 4 nitrogen and oxygen atoms in total. The Morgan fingerprint density at radius 3 is 2.70 bits per heavy atom. The van der Waals surface area contributed by atoms with E-state index in [1.165, 1.54) is 6.42 Å². The van der Waals surface area contributed by atoms with Crippen molar-refractivity contribution in [2.45, 2.75) is 32.3 Å². The van der Waals surface area contributed by atoms with E-state index in [4.69, 9.17) is 4.74 Å². The first-order valence-corrected chi connectivity index (χ1v) is 7.41. The number of carbonyl (C=O) groups excluding carboxylic acids is 1. The molecule has 1 unspecified atom stereocenters. The highest BCUT2D eigenvalue weighted by molar-refractivity contribution is 5.94. The summed E-state index contributed by atoms with van der Waals surface area (Å²) < 4.78 is 5.68. The predicted octanol–water partition coefficient (Wildman–Crippen LogP) is 2.76. The number of ether oxygens (including phenoxy) is 1. The molecule has 4 heteroatoms. The number of nitrogens with one attached hydrogen (secondary N) is 1. The van der Waals surface area contributed by atoms with Gasteiger partial charge in [0.15, 0.2) is 0 Å². The third kappa shape index (κ3) is 3.97. The van der Waals surface area contributed by atoms with E-state index in [9.17, 15) is 4.79 Å². The molecule has 1 aromatic rings. The number of benzene rings is 1. The number of rotatable bonds is 5. The molecule has 1 aromatic carbocycles. The third-order valence-electron chi connectivity index (χ3n) is 3.61. The Kier molecular flexibility index (Phi) is 5.41. The quantitative estimate of drug-likeness (QED) is 0.899. The molecule has 1 amide bonds. The van der Waals surface area contributed by atoms with Crippen molar-refractivity contribution in [1.29, 1.82) is 0 Å². The predicted molar refractivity (Wildman–Crippen MR) is 81.2 cm³/mol. The van der Waals surface area contributed by atoms with E-state index in [0.29, 0.717) is 6.54 Å². The van der Waals surface area contributed by atoms with Gasteiger partial charge in [-0.3, -0.25) is 4.79 Å². The number of hydrogen-bond donors (Lipinski definition) is 1. The van der Waals surface area contributed by atoms with Gasteiger partial charge in [0, 0.05) is 38.0 Å². The van der Waals surface area contributed by atoms with Crippen LogP contribution >= 0.6 is 0 Å². The SMILES string of the molecule is CCNc1ccc(C(=O)N(C)CC2CCCCO2)cc1.